The van der Waals surface area contributed by atoms with Crippen LogP contribution in [0.2, 0.25) is 0 Å². The van der Waals surface area contributed by atoms with Crippen LogP contribution in [-0.2, 0) is 9.84 Å². The van der Waals surface area contributed by atoms with Crippen molar-refractivity contribution in [1.29, 1.82) is 0 Å². The molecule has 3 nitrogen and oxygen atoms in total. The number of hydrogen-bond donors (Lipinski definition) is 1. The van der Waals surface area contributed by atoms with E-state index in [0.29, 0.717) is 4.90 Å². The maximum Gasteiger partial charge on any atom is 0.183 e. The topological polar surface area (TPSA) is 46.2 Å². The number of benzene rings is 1. The number of aryl methyl sites for hydroxylation is 2. The molecule has 1 N–H and O–H groups in total. The van der Waals surface area contributed by atoms with E-state index in [9.17, 15) is 8.42 Å². The summed E-state index contributed by atoms with van der Waals surface area (Å²) in [7, 11) is -1.35. The molecular weight excluding hydrogens is 222 g/mol. The standard InChI is InChI=1S/C12H17NO2S/c1-7-5-6-8(2)12-10(7)11(13-4)9(3)16(12,14)15/h5-6,9,11,13H,1-4H3. The fourth-order valence-electron chi connectivity index (χ4n) is 2.55. The molecule has 1 aromatic carbocycles. The Morgan fingerprint density at radius 3 is 2.31 bits per heavy atom. The first-order chi connectivity index (χ1) is 7.41. The predicted molar refractivity (Wildman–Crippen MR) is 64.4 cm³/mol. The van der Waals surface area contributed by atoms with Gasteiger partial charge in [-0.25, -0.2) is 8.42 Å². The van der Waals surface area contributed by atoms with Gasteiger partial charge in [0.2, 0.25) is 0 Å². The molecule has 2 atom stereocenters. The van der Waals surface area contributed by atoms with Crippen LogP contribution in [0, 0.1) is 13.8 Å². The lowest BCUT2D eigenvalue weighted by molar-refractivity contribution is 0.552. The molecule has 1 aromatic rings. The van der Waals surface area contributed by atoms with Gasteiger partial charge >= 0.3 is 0 Å². The van der Waals surface area contributed by atoms with Gasteiger partial charge in [0.15, 0.2) is 9.84 Å². The summed E-state index contributed by atoms with van der Waals surface area (Å²) in [5.74, 6) is 0. The first-order valence-electron chi connectivity index (χ1n) is 5.42. The molecule has 0 radical (unpaired) electrons. The molecule has 16 heavy (non-hydrogen) atoms. The molecule has 88 valence electrons. The van der Waals surface area contributed by atoms with Crippen LogP contribution in [-0.4, -0.2) is 20.7 Å². The summed E-state index contributed by atoms with van der Waals surface area (Å²) in [4.78, 5) is 0.541. The first kappa shape index (κ1) is 11.6. The lowest BCUT2D eigenvalue weighted by Crippen LogP contribution is -2.26. The number of nitrogens with one attached hydrogen (secondary N) is 1. The van der Waals surface area contributed by atoms with Gasteiger partial charge in [-0.05, 0) is 44.5 Å². The van der Waals surface area contributed by atoms with Crippen LogP contribution in [0.15, 0.2) is 17.0 Å². The number of rotatable bonds is 1. The molecule has 1 heterocycles. The largest absolute Gasteiger partial charge is 0.312 e. The highest BCUT2D eigenvalue weighted by Crippen LogP contribution is 2.42. The van der Waals surface area contributed by atoms with E-state index in [2.05, 4.69) is 5.32 Å². The summed E-state index contributed by atoms with van der Waals surface area (Å²) in [6.45, 7) is 5.60. The number of sulfone groups is 1. The Bertz CT molecular complexity index is 534. The fraction of sp³-hybridized carbons (Fsp3) is 0.500. The summed E-state index contributed by atoms with van der Waals surface area (Å²) < 4.78 is 24.6. The number of fused-ring (bicyclic) bond motifs is 1. The molecule has 4 heteroatoms. The van der Waals surface area contributed by atoms with Crippen LogP contribution in [0.3, 0.4) is 0 Å². The van der Waals surface area contributed by atoms with Crippen molar-refractivity contribution in [1.82, 2.24) is 5.32 Å². The summed E-state index contributed by atoms with van der Waals surface area (Å²) in [6, 6.07) is 3.79. The monoisotopic (exact) mass is 239 g/mol. The van der Waals surface area contributed by atoms with Crippen molar-refractivity contribution in [2.24, 2.45) is 0 Å². The maximum absolute atomic E-state index is 12.3. The van der Waals surface area contributed by atoms with Crippen molar-refractivity contribution in [2.75, 3.05) is 7.05 Å². The molecule has 2 rings (SSSR count). The third-order valence-electron chi connectivity index (χ3n) is 3.48. The molecule has 0 amide bonds. The van der Waals surface area contributed by atoms with E-state index in [1.165, 1.54) is 0 Å². The van der Waals surface area contributed by atoms with Gasteiger partial charge in [-0.3, -0.25) is 0 Å². The summed E-state index contributed by atoms with van der Waals surface area (Å²) in [6.07, 6.45) is 0. The molecule has 0 spiro atoms. The van der Waals surface area contributed by atoms with Gasteiger partial charge < -0.3 is 5.32 Å². The van der Waals surface area contributed by atoms with Gasteiger partial charge in [-0.15, -0.1) is 0 Å². The van der Waals surface area contributed by atoms with E-state index in [1.54, 1.807) is 6.92 Å². The van der Waals surface area contributed by atoms with E-state index in [-0.39, 0.29) is 11.3 Å². The predicted octanol–water partition coefficient (Wildman–Crippen LogP) is 1.74. The highest BCUT2D eigenvalue weighted by atomic mass is 32.2. The Labute approximate surface area is 96.8 Å². The lowest BCUT2D eigenvalue weighted by Gasteiger charge is -2.15. The Balaban J connectivity index is 2.84. The second kappa shape index (κ2) is 3.57. The van der Waals surface area contributed by atoms with Gasteiger partial charge in [0.25, 0.3) is 0 Å². The first-order valence-corrected chi connectivity index (χ1v) is 6.97. The van der Waals surface area contributed by atoms with E-state index in [0.717, 1.165) is 16.7 Å². The van der Waals surface area contributed by atoms with Crippen LogP contribution in [0.1, 0.15) is 29.7 Å². The molecule has 0 saturated carbocycles. The van der Waals surface area contributed by atoms with Crippen molar-refractivity contribution >= 4 is 9.84 Å². The van der Waals surface area contributed by atoms with E-state index in [4.69, 9.17) is 0 Å². The smallest absolute Gasteiger partial charge is 0.183 e. The van der Waals surface area contributed by atoms with Crippen LogP contribution in [0.5, 0.6) is 0 Å². The molecule has 2 unspecified atom stereocenters. The average Bonchev–Trinajstić information content (AvgIpc) is 2.43. The molecule has 1 aliphatic rings. The van der Waals surface area contributed by atoms with E-state index >= 15 is 0 Å². The molecule has 0 fully saturated rings. The van der Waals surface area contributed by atoms with Crippen molar-refractivity contribution in [3.8, 4) is 0 Å². The van der Waals surface area contributed by atoms with E-state index < -0.39 is 9.84 Å². The minimum absolute atomic E-state index is 0.0834. The molecule has 0 aromatic heterocycles. The third kappa shape index (κ3) is 1.33. The fourth-order valence-corrected chi connectivity index (χ4v) is 4.66. The molecule has 1 aliphatic heterocycles. The zero-order chi connectivity index (χ0) is 12.1. The van der Waals surface area contributed by atoms with Gasteiger partial charge in [0, 0.05) is 0 Å². The minimum Gasteiger partial charge on any atom is -0.312 e. The third-order valence-corrected chi connectivity index (χ3v) is 5.84. The highest BCUT2D eigenvalue weighted by Gasteiger charge is 2.43. The Morgan fingerprint density at radius 2 is 1.75 bits per heavy atom. The van der Waals surface area contributed by atoms with Gasteiger partial charge in [-0.2, -0.15) is 0 Å². The van der Waals surface area contributed by atoms with Crippen molar-refractivity contribution in [3.05, 3.63) is 28.8 Å². The second-order valence-electron chi connectivity index (χ2n) is 4.46. The van der Waals surface area contributed by atoms with Crippen LogP contribution in [0.25, 0.3) is 0 Å². The van der Waals surface area contributed by atoms with Gasteiger partial charge in [0.05, 0.1) is 16.2 Å². The summed E-state index contributed by atoms with van der Waals surface area (Å²) in [5.41, 5.74) is 2.85. The SMILES string of the molecule is CNC1c2c(C)ccc(C)c2S(=O)(=O)C1C. The molecule has 0 saturated heterocycles. The maximum atomic E-state index is 12.3. The zero-order valence-corrected chi connectivity index (χ0v) is 10.9. The Morgan fingerprint density at radius 1 is 1.19 bits per heavy atom. The van der Waals surface area contributed by atoms with Gasteiger partial charge in [-0.1, -0.05) is 12.1 Å². The zero-order valence-electron chi connectivity index (χ0n) is 10.0. The molecular formula is C12H17NO2S. The lowest BCUT2D eigenvalue weighted by atomic mass is 9.97. The summed E-state index contributed by atoms with van der Waals surface area (Å²) >= 11 is 0. The van der Waals surface area contributed by atoms with Crippen molar-refractivity contribution in [2.45, 2.75) is 37.0 Å². The number of hydrogen-bond acceptors (Lipinski definition) is 3. The highest BCUT2D eigenvalue weighted by molar-refractivity contribution is 7.92. The van der Waals surface area contributed by atoms with Crippen LogP contribution >= 0.6 is 0 Å². The van der Waals surface area contributed by atoms with Crippen LogP contribution < -0.4 is 5.32 Å². The normalized spacial score (nSPS) is 26.8. The van der Waals surface area contributed by atoms with Crippen LogP contribution in [0.4, 0.5) is 0 Å². The van der Waals surface area contributed by atoms with Gasteiger partial charge in [0.1, 0.15) is 0 Å². The quantitative estimate of drug-likeness (QED) is 0.812. The van der Waals surface area contributed by atoms with Crippen molar-refractivity contribution in [3.63, 3.8) is 0 Å². The average molecular weight is 239 g/mol. The molecule has 0 bridgehead atoms. The van der Waals surface area contributed by atoms with Crippen molar-refractivity contribution < 1.29 is 8.42 Å². The minimum atomic E-state index is -3.16. The Kier molecular flexibility index (Phi) is 2.59. The van der Waals surface area contributed by atoms with E-state index in [1.807, 2.05) is 33.0 Å². The second-order valence-corrected chi connectivity index (χ2v) is 6.70. The summed E-state index contributed by atoms with van der Waals surface area (Å²) in [5, 5.41) is 2.73. The molecule has 0 aliphatic carbocycles. The Hall–Kier alpha value is -0.870.